The van der Waals surface area contributed by atoms with E-state index in [1.165, 1.54) is 24.0 Å². The van der Waals surface area contributed by atoms with Crippen LogP contribution in [0.25, 0.3) is 0 Å². The van der Waals surface area contributed by atoms with Gasteiger partial charge in [-0.15, -0.1) is 0 Å². The Labute approximate surface area is 111 Å². The highest BCUT2D eigenvalue weighted by Crippen LogP contribution is 2.43. The highest BCUT2D eigenvalue weighted by atomic mass is 15.1. The molecule has 1 atom stereocenters. The first kappa shape index (κ1) is 13.6. The molecule has 1 aromatic carbocycles. The fourth-order valence-corrected chi connectivity index (χ4v) is 2.83. The van der Waals surface area contributed by atoms with Crippen molar-refractivity contribution < 1.29 is 0 Å². The summed E-state index contributed by atoms with van der Waals surface area (Å²) in [5.41, 5.74) is 9.01. The van der Waals surface area contributed by atoms with Gasteiger partial charge in [0.1, 0.15) is 0 Å². The predicted molar refractivity (Wildman–Crippen MR) is 77.7 cm³/mol. The largest absolute Gasteiger partial charge is 0.329 e. The molecular weight excluding hydrogens is 220 g/mol. The third kappa shape index (κ3) is 3.12. The first-order chi connectivity index (χ1) is 8.63. The maximum Gasteiger partial charge on any atom is 0.0470 e. The van der Waals surface area contributed by atoms with Gasteiger partial charge in [0.05, 0.1) is 0 Å². The normalized spacial score (nSPS) is 17.4. The second kappa shape index (κ2) is 5.85. The second-order valence-electron chi connectivity index (χ2n) is 5.99. The Kier molecular flexibility index (Phi) is 4.41. The minimum Gasteiger partial charge on any atom is -0.329 e. The SMILES string of the molecule is CC(C)CN(C)C(CN)c1ccccc1C1CC1. The van der Waals surface area contributed by atoms with E-state index in [-0.39, 0.29) is 0 Å². The molecule has 0 aromatic heterocycles. The fraction of sp³-hybridized carbons (Fsp3) is 0.625. The molecule has 2 N–H and O–H groups in total. The van der Waals surface area contributed by atoms with E-state index in [1.807, 2.05) is 0 Å². The zero-order chi connectivity index (χ0) is 13.1. The van der Waals surface area contributed by atoms with E-state index in [4.69, 9.17) is 5.73 Å². The lowest BCUT2D eigenvalue weighted by Gasteiger charge is -2.30. The molecule has 0 bridgehead atoms. The van der Waals surface area contributed by atoms with Crippen molar-refractivity contribution in [3.05, 3.63) is 35.4 Å². The number of likely N-dealkylation sites (N-methyl/N-ethyl adjacent to an activating group) is 1. The summed E-state index contributed by atoms with van der Waals surface area (Å²) >= 11 is 0. The highest BCUT2D eigenvalue weighted by Gasteiger charge is 2.28. The van der Waals surface area contributed by atoms with E-state index in [1.54, 1.807) is 0 Å². The summed E-state index contributed by atoms with van der Waals surface area (Å²) in [5.74, 6) is 1.47. The van der Waals surface area contributed by atoms with Gasteiger partial charge in [0.2, 0.25) is 0 Å². The summed E-state index contributed by atoms with van der Waals surface area (Å²) in [4.78, 5) is 2.41. The first-order valence-corrected chi connectivity index (χ1v) is 7.12. The van der Waals surface area contributed by atoms with Gasteiger partial charge in [-0.25, -0.2) is 0 Å². The monoisotopic (exact) mass is 246 g/mol. The minimum absolute atomic E-state index is 0.365. The van der Waals surface area contributed by atoms with Gasteiger partial charge in [-0.3, -0.25) is 4.90 Å². The summed E-state index contributed by atoms with van der Waals surface area (Å²) in [7, 11) is 2.20. The van der Waals surface area contributed by atoms with Gasteiger partial charge in [-0.2, -0.15) is 0 Å². The van der Waals surface area contributed by atoms with Crippen LogP contribution in [-0.2, 0) is 0 Å². The molecule has 100 valence electrons. The quantitative estimate of drug-likeness (QED) is 0.835. The van der Waals surface area contributed by atoms with Crippen LogP contribution < -0.4 is 5.73 Å². The minimum atomic E-state index is 0.365. The molecule has 0 saturated heterocycles. The van der Waals surface area contributed by atoms with Crippen LogP contribution in [0.4, 0.5) is 0 Å². The van der Waals surface area contributed by atoms with Crippen LogP contribution in [-0.4, -0.2) is 25.0 Å². The molecule has 1 saturated carbocycles. The third-order valence-corrected chi connectivity index (χ3v) is 3.78. The summed E-state index contributed by atoms with van der Waals surface area (Å²) in [6.45, 7) is 6.32. The van der Waals surface area contributed by atoms with Crippen molar-refractivity contribution in [1.82, 2.24) is 4.90 Å². The van der Waals surface area contributed by atoms with Crippen molar-refractivity contribution in [2.45, 2.75) is 38.6 Å². The topological polar surface area (TPSA) is 29.3 Å². The average molecular weight is 246 g/mol. The van der Waals surface area contributed by atoms with E-state index in [9.17, 15) is 0 Å². The number of benzene rings is 1. The standard InChI is InChI=1S/C16H26N2/c1-12(2)11-18(3)16(10-17)15-7-5-4-6-14(15)13-8-9-13/h4-7,12-13,16H,8-11,17H2,1-3H3. The maximum atomic E-state index is 6.03. The molecule has 1 aromatic rings. The Morgan fingerprint density at radius 1 is 1.28 bits per heavy atom. The van der Waals surface area contributed by atoms with Crippen molar-refractivity contribution in [1.29, 1.82) is 0 Å². The molecule has 1 aliphatic carbocycles. The number of nitrogens with zero attached hydrogens (tertiary/aromatic N) is 1. The molecule has 18 heavy (non-hydrogen) atoms. The molecule has 0 spiro atoms. The summed E-state index contributed by atoms with van der Waals surface area (Å²) in [6.07, 6.45) is 2.70. The van der Waals surface area contributed by atoms with Gasteiger partial charge >= 0.3 is 0 Å². The summed E-state index contributed by atoms with van der Waals surface area (Å²) < 4.78 is 0. The average Bonchev–Trinajstić information content (AvgIpc) is 3.13. The van der Waals surface area contributed by atoms with Gasteiger partial charge in [0, 0.05) is 19.1 Å². The Morgan fingerprint density at radius 2 is 1.94 bits per heavy atom. The summed E-state index contributed by atoms with van der Waals surface area (Å²) in [5, 5.41) is 0. The number of nitrogens with two attached hydrogens (primary N) is 1. The van der Waals surface area contributed by atoms with Crippen LogP contribution in [0.1, 0.15) is 49.8 Å². The van der Waals surface area contributed by atoms with Gasteiger partial charge in [0.15, 0.2) is 0 Å². The molecule has 2 rings (SSSR count). The van der Waals surface area contributed by atoms with Crippen LogP contribution in [0.5, 0.6) is 0 Å². The fourth-order valence-electron chi connectivity index (χ4n) is 2.83. The van der Waals surface area contributed by atoms with Crippen molar-refractivity contribution in [3.63, 3.8) is 0 Å². The molecule has 0 amide bonds. The number of hydrogen-bond acceptors (Lipinski definition) is 2. The predicted octanol–water partition coefficient (Wildman–Crippen LogP) is 3.15. The van der Waals surface area contributed by atoms with Crippen LogP contribution in [0.3, 0.4) is 0 Å². The van der Waals surface area contributed by atoms with Gasteiger partial charge in [-0.05, 0) is 42.9 Å². The Morgan fingerprint density at radius 3 is 2.50 bits per heavy atom. The second-order valence-corrected chi connectivity index (χ2v) is 5.99. The van der Waals surface area contributed by atoms with E-state index < -0.39 is 0 Å². The zero-order valence-corrected chi connectivity index (χ0v) is 11.9. The Bertz CT molecular complexity index is 382. The molecule has 0 heterocycles. The lowest BCUT2D eigenvalue weighted by molar-refractivity contribution is 0.223. The highest BCUT2D eigenvalue weighted by molar-refractivity contribution is 5.35. The number of hydrogen-bond donors (Lipinski definition) is 1. The van der Waals surface area contributed by atoms with E-state index >= 15 is 0 Å². The molecule has 2 nitrogen and oxygen atoms in total. The molecule has 0 radical (unpaired) electrons. The van der Waals surface area contributed by atoms with Gasteiger partial charge in [0.25, 0.3) is 0 Å². The van der Waals surface area contributed by atoms with Crippen LogP contribution in [0.15, 0.2) is 24.3 Å². The van der Waals surface area contributed by atoms with Crippen LogP contribution in [0, 0.1) is 5.92 Å². The van der Waals surface area contributed by atoms with Crippen LogP contribution >= 0.6 is 0 Å². The maximum absolute atomic E-state index is 6.03. The molecule has 1 unspecified atom stereocenters. The van der Waals surface area contributed by atoms with Crippen molar-refractivity contribution in [2.24, 2.45) is 11.7 Å². The molecule has 2 heteroatoms. The molecular formula is C16H26N2. The third-order valence-electron chi connectivity index (χ3n) is 3.78. The lowest BCUT2D eigenvalue weighted by Crippen LogP contribution is -2.33. The molecule has 1 fully saturated rings. The zero-order valence-electron chi connectivity index (χ0n) is 11.9. The number of rotatable bonds is 6. The smallest absolute Gasteiger partial charge is 0.0470 e. The van der Waals surface area contributed by atoms with Gasteiger partial charge in [-0.1, -0.05) is 38.1 Å². The van der Waals surface area contributed by atoms with Crippen molar-refractivity contribution in [3.8, 4) is 0 Å². The lowest BCUT2D eigenvalue weighted by atomic mass is 9.96. The summed E-state index contributed by atoms with van der Waals surface area (Å²) in [6, 6.07) is 9.23. The van der Waals surface area contributed by atoms with E-state index in [0.717, 1.165) is 12.5 Å². The first-order valence-electron chi connectivity index (χ1n) is 7.12. The molecule has 1 aliphatic rings. The van der Waals surface area contributed by atoms with Crippen molar-refractivity contribution >= 4 is 0 Å². The molecule has 0 aliphatic heterocycles. The van der Waals surface area contributed by atoms with Crippen molar-refractivity contribution in [2.75, 3.05) is 20.1 Å². The Hall–Kier alpha value is -0.860. The van der Waals surface area contributed by atoms with Gasteiger partial charge < -0.3 is 5.73 Å². The van der Waals surface area contributed by atoms with Crippen LogP contribution in [0.2, 0.25) is 0 Å². The Balaban J connectivity index is 2.21. The van der Waals surface area contributed by atoms with E-state index in [2.05, 4.69) is 50.1 Å². The van der Waals surface area contributed by atoms with E-state index in [0.29, 0.717) is 18.5 Å².